The topological polar surface area (TPSA) is 161 Å². The Morgan fingerprint density at radius 3 is 2.73 bits per heavy atom. The summed E-state index contributed by atoms with van der Waals surface area (Å²) in [4.78, 5) is 60.3. The first-order chi connectivity index (χ1) is 24.5. The van der Waals surface area contributed by atoms with Crippen molar-refractivity contribution >= 4 is 57.3 Å². The van der Waals surface area contributed by atoms with E-state index in [4.69, 9.17) is 4.98 Å². The van der Waals surface area contributed by atoms with E-state index >= 15 is 0 Å². The van der Waals surface area contributed by atoms with E-state index < -0.39 is 40.6 Å². The number of nitrogens with zero attached hydrogens (tertiary/aromatic N) is 3. The average molecular weight is 737 g/mol. The maximum atomic E-state index is 14.1. The Bertz CT molecular complexity index is 1720. The van der Waals surface area contributed by atoms with Crippen molar-refractivity contribution < 1.29 is 28.5 Å². The van der Waals surface area contributed by atoms with Crippen LogP contribution in [0.25, 0.3) is 6.08 Å². The van der Waals surface area contributed by atoms with Crippen molar-refractivity contribution in [1.29, 1.82) is 0 Å². The number of benzene rings is 1. The fourth-order valence-corrected chi connectivity index (χ4v) is 8.90. The number of anilines is 1. The summed E-state index contributed by atoms with van der Waals surface area (Å²) >= 11 is 1.46. The molecule has 0 bridgehead atoms. The van der Waals surface area contributed by atoms with Crippen LogP contribution >= 0.6 is 11.3 Å². The van der Waals surface area contributed by atoms with Crippen molar-refractivity contribution in [3.8, 4) is 0 Å². The number of likely N-dealkylation sites (tertiary alicyclic amines) is 1. The zero-order valence-electron chi connectivity index (χ0n) is 29.3. The number of aromatic nitrogens is 1. The summed E-state index contributed by atoms with van der Waals surface area (Å²) < 4.78 is 15.0. The minimum absolute atomic E-state index is 0.0237. The second-order valence-electron chi connectivity index (χ2n) is 14.2. The third-order valence-electron chi connectivity index (χ3n) is 10.6. The lowest BCUT2D eigenvalue weighted by Crippen LogP contribution is -2.57. The van der Waals surface area contributed by atoms with Gasteiger partial charge in [-0.1, -0.05) is 56.7 Å². The van der Waals surface area contributed by atoms with Crippen molar-refractivity contribution in [3.63, 3.8) is 0 Å². The van der Waals surface area contributed by atoms with E-state index in [1.165, 1.54) is 16.2 Å². The number of rotatable bonds is 16. The van der Waals surface area contributed by atoms with Crippen molar-refractivity contribution in [2.24, 2.45) is 11.8 Å². The average Bonchev–Trinajstić information content (AvgIpc) is 3.89. The maximum Gasteiger partial charge on any atom is 0.407 e. The number of carbonyl (C=O) groups excluding carboxylic acids is 3. The van der Waals surface area contributed by atoms with Crippen LogP contribution in [0, 0.1) is 11.8 Å². The molecule has 4 aliphatic rings. The van der Waals surface area contributed by atoms with Gasteiger partial charge in [-0.2, -0.15) is 0 Å². The van der Waals surface area contributed by atoms with Gasteiger partial charge in [0.05, 0.1) is 17.5 Å². The molecule has 12 nitrogen and oxygen atoms in total. The summed E-state index contributed by atoms with van der Waals surface area (Å²) in [6, 6.07) is 4.69. The number of carbonyl (C=O) groups is 4. The molecule has 0 spiro atoms. The highest BCUT2D eigenvalue weighted by molar-refractivity contribution is 7.84. The summed E-state index contributed by atoms with van der Waals surface area (Å²) in [5, 5.41) is 18.3. The quantitative estimate of drug-likeness (QED) is 0.139. The van der Waals surface area contributed by atoms with Crippen LogP contribution in [0.4, 0.5) is 9.93 Å². The summed E-state index contributed by atoms with van der Waals surface area (Å²) in [6.07, 6.45) is 11.4. The highest BCUT2D eigenvalue weighted by atomic mass is 32.2. The fraction of sp³-hybridized carbons (Fsp3) is 0.541. The van der Waals surface area contributed by atoms with Gasteiger partial charge in [-0.15, -0.1) is 17.9 Å². The second-order valence-corrected chi connectivity index (χ2v) is 16.5. The molecule has 1 aromatic carbocycles. The number of thiazole rings is 1. The Labute approximate surface area is 305 Å². The SMILES string of the molecule is C=C[C@@H]1C[C@]1(NC(=O)[C@@H]1CCCN1C(=O)[C@@H](Nc1nc(CCC/C=C/c2cccc3c2CN(C(=O)O)C3)cs1)C(C)CC)C(=O)NS(=O)C1CC1. The molecule has 1 saturated heterocycles. The van der Waals surface area contributed by atoms with Gasteiger partial charge in [-0.3, -0.25) is 24.0 Å². The summed E-state index contributed by atoms with van der Waals surface area (Å²) in [7, 11) is -1.47. The molecule has 1 aromatic heterocycles. The molecule has 2 saturated carbocycles. The lowest BCUT2D eigenvalue weighted by Gasteiger charge is -2.32. The predicted octanol–water partition coefficient (Wildman–Crippen LogP) is 4.99. The van der Waals surface area contributed by atoms with Gasteiger partial charge in [0.2, 0.25) is 11.8 Å². The van der Waals surface area contributed by atoms with Crippen LogP contribution in [-0.2, 0) is 44.9 Å². The Morgan fingerprint density at radius 2 is 2.02 bits per heavy atom. The third kappa shape index (κ3) is 8.22. The molecular formula is C37H48N6O6S2. The van der Waals surface area contributed by atoms with Crippen LogP contribution in [0.2, 0.25) is 0 Å². The zero-order valence-corrected chi connectivity index (χ0v) is 30.9. The minimum Gasteiger partial charge on any atom is -0.465 e. The van der Waals surface area contributed by atoms with Crippen LogP contribution in [0.5, 0.6) is 0 Å². The van der Waals surface area contributed by atoms with E-state index in [9.17, 15) is 28.5 Å². The minimum atomic E-state index is -1.47. The molecular weight excluding hydrogens is 689 g/mol. The summed E-state index contributed by atoms with van der Waals surface area (Å²) in [6.45, 7) is 9.14. The number of nitrogens with one attached hydrogen (secondary N) is 3. The highest BCUT2D eigenvalue weighted by Gasteiger charge is 2.61. The lowest BCUT2D eigenvalue weighted by molar-refractivity contribution is -0.140. The third-order valence-corrected chi connectivity index (χ3v) is 12.9. The standard InChI is InChI=1S/C37H48N6O6S2/c1-4-23(3)31(33(45)43-18-10-15-30(43)32(44)40-37(19-26(37)5-2)34(46)41-51(49)28-16-17-28)39-35-38-27(22-50-35)14-8-6-7-11-24-12-9-13-25-20-42(36(47)48)21-29(24)25/h5,7,9,11-13,22-23,26,28,30-31H,2,4,6,8,10,14-21H2,1,3H3,(H,38,39)(H,40,44)(H,41,46)(H,47,48)/b11-7+/t23?,26-,30+,31+,37-,51?/m1/s1. The number of amides is 4. The van der Waals surface area contributed by atoms with E-state index in [0.717, 1.165) is 60.9 Å². The molecule has 14 heteroatoms. The molecule has 3 fully saturated rings. The fourth-order valence-electron chi connectivity index (χ4n) is 7.02. The van der Waals surface area contributed by atoms with Crippen molar-refractivity contribution in [1.82, 2.24) is 24.8 Å². The van der Waals surface area contributed by atoms with Gasteiger partial charge in [0, 0.05) is 24.4 Å². The second kappa shape index (κ2) is 15.7. The van der Waals surface area contributed by atoms with E-state index in [-0.39, 0.29) is 28.9 Å². The molecule has 274 valence electrons. The van der Waals surface area contributed by atoms with Gasteiger partial charge in [0.25, 0.3) is 5.91 Å². The Balaban J connectivity index is 1.03. The van der Waals surface area contributed by atoms with Gasteiger partial charge >= 0.3 is 6.09 Å². The van der Waals surface area contributed by atoms with Gasteiger partial charge in [0.15, 0.2) is 5.13 Å². The predicted molar refractivity (Wildman–Crippen MR) is 198 cm³/mol. The number of unbranched alkanes of at least 4 members (excludes halogenated alkanes) is 1. The molecule has 4 N–H and O–H groups in total. The van der Waals surface area contributed by atoms with E-state index in [1.807, 2.05) is 37.4 Å². The Hall–Kier alpha value is -4.04. The Kier molecular flexibility index (Phi) is 11.3. The smallest absolute Gasteiger partial charge is 0.407 e. The van der Waals surface area contributed by atoms with Crippen LogP contribution in [0.15, 0.2) is 42.3 Å². The van der Waals surface area contributed by atoms with Crippen LogP contribution in [0.3, 0.4) is 0 Å². The van der Waals surface area contributed by atoms with Gasteiger partial charge in [-0.25, -0.2) is 14.0 Å². The van der Waals surface area contributed by atoms with E-state index in [2.05, 4.69) is 34.1 Å². The van der Waals surface area contributed by atoms with E-state index in [1.54, 1.807) is 11.0 Å². The highest BCUT2D eigenvalue weighted by Crippen LogP contribution is 2.45. The number of hydrogen-bond acceptors (Lipinski definition) is 8. The number of allylic oxidation sites excluding steroid dienone is 1. The van der Waals surface area contributed by atoms with Crippen LogP contribution < -0.4 is 15.4 Å². The van der Waals surface area contributed by atoms with Crippen molar-refractivity contribution in [2.45, 2.75) is 108 Å². The summed E-state index contributed by atoms with van der Waals surface area (Å²) in [5.74, 6) is -1.27. The molecule has 6 rings (SSSR count). The first kappa shape index (κ1) is 36.7. The van der Waals surface area contributed by atoms with Gasteiger partial charge in [0.1, 0.15) is 28.6 Å². The molecule has 2 aliphatic carbocycles. The maximum absolute atomic E-state index is 14.1. The molecule has 4 amide bonds. The van der Waals surface area contributed by atoms with E-state index in [0.29, 0.717) is 44.0 Å². The van der Waals surface area contributed by atoms with Crippen molar-refractivity contribution in [2.75, 3.05) is 11.9 Å². The molecule has 2 aliphatic heterocycles. The summed E-state index contributed by atoms with van der Waals surface area (Å²) in [5.41, 5.74) is 2.92. The van der Waals surface area contributed by atoms with Crippen LogP contribution in [-0.4, -0.2) is 77.3 Å². The monoisotopic (exact) mass is 736 g/mol. The number of fused-ring (bicyclic) bond motifs is 1. The molecule has 6 atom stereocenters. The van der Waals surface area contributed by atoms with Crippen molar-refractivity contribution in [3.05, 3.63) is 64.7 Å². The van der Waals surface area contributed by atoms with Crippen LogP contribution in [0.1, 0.15) is 87.6 Å². The largest absolute Gasteiger partial charge is 0.465 e. The first-order valence-electron chi connectivity index (χ1n) is 18.0. The Morgan fingerprint density at radius 1 is 1.22 bits per heavy atom. The number of carboxylic acid groups (broad SMARTS) is 1. The number of aryl methyl sites for hydroxylation is 1. The van der Waals surface area contributed by atoms with Gasteiger partial charge < -0.3 is 20.6 Å². The lowest BCUT2D eigenvalue weighted by atomic mass is 9.97. The first-order valence-corrected chi connectivity index (χ1v) is 20.1. The molecule has 51 heavy (non-hydrogen) atoms. The molecule has 3 heterocycles. The normalized spacial score (nSPS) is 24.1. The number of hydrogen-bond donors (Lipinski definition) is 4. The molecule has 0 radical (unpaired) electrons. The molecule has 2 unspecified atom stereocenters. The van der Waals surface area contributed by atoms with Gasteiger partial charge in [-0.05, 0) is 74.0 Å². The molecule has 2 aromatic rings. The zero-order chi connectivity index (χ0) is 36.3.